The van der Waals surface area contributed by atoms with E-state index in [0.717, 1.165) is 25.1 Å². The van der Waals surface area contributed by atoms with E-state index in [4.69, 9.17) is 10.7 Å². The van der Waals surface area contributed by atoms with Crippen LogP contribution < -0.4 is 11.1 Å². The molecule has 1 aromatic carbocycles. The van der Waals surface area contributed by atoms with Crippen LogP contribution in [0, 0.1) is 0 Å². The van der Waals surface area contributed by atoms with Gasteiger partial charge >= 0.3 is 6.18 Å². The molecule has 2 aliphatic heterocycles. The van der Waals surface area contributed by atoms with E-state index in [0.29, 0.717) is 47.7 Å². The van der Waals surface area contributed by atoms with Gasteiger partial charge < -0.3 is 20.5 Å². The SMILES string of the molecule is Nc1nccn2c([C@@H]3CC[C@H]4CCC(=O)N4C3)nc(-c3ccc(C(=O)Nc4cc(C(F)(F)F)on4)cc3)c12. The first-order valence-corrected chi connectivity index (χ1v) is 12.1. The molecule has 2 fully saturated rings. The Balaban J connectivity index is 1.28. The Morgan fingerprint density at radius 3 is 2.68 bits per heavy atom. The van der Waals surface area contributed by atoms with E-state index in [-0.39, 0.29) is 23.2 Å². The summed E-state index contributed by atoms with van der Waals surface area (Å²) in [6.45, 7) is 0.599. The van der Waals surface area contributed by atoms with Crippen molar-refractivity contribution in [1.82, 2.24) is 24.4 Å². The Hall–Kier alpha value is -4.42. The first kappa shape index (κ1) is 23.9. The molecule has 3 aromatic heterocycles. The van der Waals surface area contributed by atoms with E-state index in [2.05, 4.69) is 20.0 Å². The molecule has 0 bridgehead atoms. The van der Waals surface area contributed by atoms with Crippen molar-refractivity contribution in [3.63, 3.8) is 0 Å². The second kappa shape index (κ2) is 8.85. The van der Waals surface area contributed by atoms with Crippen LogP contribution in [0.2, 0.25) is 0 Å². The molecule has 2 saturated heterocycles. The molecule has 2 aliphatic rings. The molecule has 0 spiro atoms. The molecule has 0 unspecified atom stereocenters. The van der Waals surface area contributed by atoms with Crippen LogP contribution in [0.4, 0.5) is 24.8 Å². The zero-order valence-corrected chi connectivity index (χ0v) is 19.9. The number of benzene rings is 1. The number of nitrogens with two attached hydrogens (primary N) is 1. The molecular formula is C25H22F3N7O3. The highest BCUT2D eigenvalue weighted by molar-refractivity contribution is 6.04. The summed E-state index contributed by atoms with van der Waals surface area (Å²) in [6, 6.07) is 7.33. The van der Waals surface area contributed by atoms with Gasteiger partial charge in [-0.2, -0.15) is 13.2 Å². The lowest BCUT2D eigenvalue weighted by molar-refractivity contribution is -0.155. The number of halogens is 3. The molecule has 4 aromatic rings. The van der Waals surface area contributed by atoms with Gasteiger partial charge in [0.15, 0.2) is 5.82 Å². The minimum Gasteiger partial charge on any atom is -0.382 e. The zero-order valence-electron chi connectivity index (χ0n) is 19.9. The summed E-state index contributed by atoms with van der Waals surface area (Å²) in [4.78, 5) is 36.0. The first-order chi connectivity index (χ1) is 18.2. The molecule has 196 valence electrons. The van der Waals surface area contributed by atoms with Crippen LogP contribution in [-0.2, 0) is 11.0 Å². The van der Waals surface area contributed by atoms with E-state index in [9.17, 15) is 22.8 Å². The lowest BCUT2D eigenvalue weighted by atomic mass is 9.92. The number of carbonyl (C=O) groups excluding carboxylic acids is 2. The van der Waals surface area contributed by atoms with Gasteiger partial charge in [-0.1, -0.05) is 17.3 Å². The van der Waals surface area contributed by atoms with Crippen molar-refractivity contribution in [2.45, 2.75) is 43.8 Å². The molecule has 0 radical (unpaired) electrons. The maximum Gasteiger partial charge on any atom is 0.452 e. The lowest BCUT2D eigenvalue weighted by Gasteiger charge is -2.34. The standard InChI is InChI=1S/C25H22F3N7O3/c26-25(27,28)17-11-18(33-38-17)31-24(37)14-3-1-13(2-4-14)20-21-22(29)30-9-10-34(21)23(32-20)15-5-6-16-7-8-19(36)35(16)12-15/h1-4,9-11,15-16H,5-8,12H2,(H2,29,30)(H,31,33,37)/t15-,16+/m1/s1. The summed E-state index contributed by atoms with van der Waals surface area (Å²) < 4.78 is 44.3. The van der Waals surface area contributed by atoms with Crippen molar-refractivity contribution in [2.24, 2.45) is 0 Å². The first-order valence-electron chi connectivity index (χ1n) is 12.1. The Bertz CT molecular complexity index is 1540. The number of nitrogens with zero attached hydrogens (tertiary/aromatic N) is 5. The molecule has 13 heteroatoms. The zero-order chi connectivity index (χ0) is 26.6. The summed E-state index contributed by atoms with van der Waals surface area (Å²) in [5.41, 5.74) is 8.33. The number of nitrogen functional groups attached to an aromatic ring is 1. The number of hydrogen-bond acceptors (Lipinski definition) is 7. The van der Waals surface area contributed by atoms with E-state index in [1.807, 2.05) is 9.30 Å². The number of rotatable bonds is 4. The number of nitrogens with one attached hydrogen (secondary N) is 1. The smallest absolute Gasteiger partial charge is 0.382 e. The maximum absolute atomic E-state index is 12.7. The third-order valence-electron chi connectivity index (χ3n) is 7.15. The number of amides is 2. The van der Waals surface area contributed by atoms with Crippen molar-refractivity contribution < 1.29 is 27.3 Å². The fourth-order valence-electron chi connectivity index (χ4n) is 5.29. The number of anilines is 2. The van der Waals surface area contributed by atoms with Gasteiger partial charge in [-0.15, -0.1) is 0 Å². The molecule has 6 rings (SSSR count). The Labute approximate surface area is 213 Å². The predicted molar refractivity (Wildman–Crippen MR) is 129 cm³/mol. The van der Waals surface area contributed by atoms with Crippen molar-refractivity contribution in [3.05, 3.63) is 59.9 Å². The predicted octanol–water partition coefficient (Wildman–Crippen LogP) is 4.11. The summed E-state index contributed by atoms with van der Waals surface area (Å²) in [5.74, 6) is -1.01. The van der Waals surface area contributed by atoms with Crippen molar-refractivity contribution in [2.75, 3.05) is 17.6 Å². The minimum atomic E-state index is -4.70. The van der Waals surface area contributed by atoms with Gasteiger partial charge in [0.05, 0.1) is 0 Å². The fraction of sp³-hybridized carbons (Fsp3) is 0.320. The molecule has 10 nitrogen and oxygen atoms in total. The van der Waals surface area contributed by atoms with Gasteiger partial charge in [0.1, 0.15) is 22.9 Å². The topological polar surface area (TPSA) is 132 Å². The molecule has 2 amide bonds. The van der Waals surface area contributed by atoms with E-state index >= 15 is 0 Å². The highest BCUT2D eigenvalue weighted by Gasteiger charge is 2.38. The van der Waals surface area contributed by atoms with Crippen LogP contribution in [0.1, 0.15) is 53.5 Å². The average molecular weight is 525 g/mol. The summed E-state index contributed by atoms with van der Waals surface area (Å²) in [6.07, 6.45) is 1.99. The normalized spacial score (nSPS) is 19.7. The van der Waals surface area contributed by atoms with Crippen LogP contribution in [-0.4, -0.2) is 48.8 Å². The number of piperidine rings is 1. The monoisotopic (exact) mass is 525 g/mol. The lowest BCUT2D eigenvalue weighted by Crippen LogP contribution is -2.41. The van der Waals surface area contributed by atoms with Gasteiger partial charge in [0.25, 0.3) is 5.91 Å². The van der Waals surface area contributed by atoms with Gasteiger partial charge in [0.2, 0.25) is 11.7 Å². The van der Waals surface area contributed by atoms with Gasteiger partial charge in [-0.3, -0.25) is 14.0 Å². The van der Waals surface area contributed by atoms with Gasteiger partial charge in [0, 0.05) is 54.5 Å². The van der Waals surface area contributed by atoms with Crippen LogP contribution in [0.15, 0.2) is 47.2 Å². The number of fused-ring (bicyclic) bond motifs is 2. The van der Waals surface area contributed by atoms with Crippen LogP contribution in [0.3, 0.4) is 0 Å². The van der Waals surface area contributed by atoms with E-state index in [1.165, 1.54) is 12.1 Å². The molecule has 5 heterocycles. The maximum atomic E-state index is 12.7. The third kappa shape index (κ3) is 4.13. The molecule has 0 saturated carbocycles. The van der Waals surface area contributed by atoms with Crippen LogP contribution in [0.5, 0.6) is 0 Å². The minimum absolute atomic E-state index is 0.0328. The average Bonchev–Trinajstić information content (AvgIpc) is 3.62. The summed E-state index contributed by atoms with van der Waals surface area (Å²) in [7, 11) is 0. The number of carbonyl (C=O) groups is 2. The molecule has 0 aliphatic carbocycles. The molecule has 2 atom stereocenters. The van der Waals surface area contributed by atoms with Crippen molar-refractivity contribution in [1.29, 1.82) is 0 Å². The number of aromatic nitrogens is 4. The van der Waals surface area contributed by atoms with Crippen LogP contribution in [0.25, 0.3) is 16.8 Å². The van der Waals surface area contributed by atoms with E-state index in [1.54, 1.807) is 24.5 Å². The van der Waals surface area contributed by atoms with Crippen molar-refractivity contribution in [3.8, 4) is 11.3 Å². The number of imidazole rings is 1. The van der Waals surface area contributed by atoms with Gasteiger partial charge in [-0.05, 0) is 31.4 Å². The molecule has 3 N–H and O–H groups in total. The molecular weight excluding hydrogens is 503 g/mol. The third-order valence-corrected chi connectivity index (χ3v) is 7.15. The molecule has 38 heavy (non-hydrogen) atoms. The highest BCUT2D eigenvalue weighted by Crippen LogP contribution is 2.38. The second-order valence-corrected chi connectivity index (χ2v) is 9.47. The second-order valence-electron chi connectivity index (χ2n) is 9.47. The Morgan fingerprint density at radius 1 is 1.16 bits per heavy atom. The summed E-state index contributed by atoms with van der Waals surface area (Å²) in [5, 5.41) is 5.54. The largest absolute Gasteiger partial charge is 0.452 e. The summed E-state index contributed by atoms with van der Waals surface area (Å²) >= 11 is 0. The van der Waals surface area contributed by atoms with Gasteiger partial charge in [-0.25, -0.2) is 9.97 Å². The quantitative estimate of drug-likeness (QED) is 0.410. The van der Waals surface area contributed by atoms with Crippen molar-refractivity contribution >= 4 is 29.0 Å². The van der Waals surface area contributed by atoms with E-state index < -0.39 is 17.8 Å². The Kier molecular flexibility index (Phi) is 5.58. The fourth-order valence-corrected chi connectivity index (χ4v) is 5.29. The van der Waals surface area contributed by atoms with Crippen LogP contribution >= 0.6 is 0 Å². The Morgan fingerprint density at radius 2 is 1.95 bits per heavy atom. The highest BCUT2D eigenvalue weighted by atomic mass is 19.4. The number of alkyl halides is 3. The number of hydrogen-bond donors (Lipinski definition) is 2.